The van der Waals surface area contributed by atoms with Gasteiger partial charge in [0.25, 0.3) is 0 Å². The first kappa shape index (κ1) is 11.1. The molecule has 2 aromatic rings. The van der Waals surface area contributed by atoms with Crippen molar-refractivity contribution in [1.29, 1.82) is 0 Å². The molecule has 0 atom stereocenters. The Hall–Kier alpha value is -1.41. The SMILES string of the molecule is CC(C)(C)NCc1cccc2cnccc12. The second kappa shape index (κ2) is 4.22. The van der Waals surface area contributed by atoms with Crippen molar-refractivity contribution in [2.75, 3.05) is 0 Å². The lowest BCUT2D eigenvalue weighted by atomic mass is 10.0. The molecule has 0 unspecified atom stereocenters. The second-order valence-electron chi connectivity index (χ2n) is 5.12. The Bertz CT molecular complexity index is 478. The van der Waals surface area contributed by atoms with Gasteiger partial charge in [0.15, 0.2) is 0 Å². The van der Waals surface area contributed by atoms with Crippen molar-refractivity contribution >= 4 is 10.8 Å². The van der Waals surface area contributed by atoms with Crippen molar-refractivity contribution in [3.05, 3.63) is 42.2 Å². The molecule has 16 heavy (non-hydrogen) atoms. The number of hydrogen-bond acceptors (Lipinski definition) is 2. The van der Waals surface area contributed by atoms with Gasteiger partial charge in [-0.15, -0.1) is 0 Å². The molecule has 0 aliphatic rings. The quantitative estimate of drug-likeness (QED) is 0.830. The summed E-state index contributed by atoms with van der Waals surface area (Å²) in [7, 11) is 0. The maximum atomic E-state index is 4.14. The van der Waals surface area contributed by atoms with E-state index >= 15 is 0 Å². The lowest BCUT2D eigenvalue weighted by molar-refractivity contribution is 0.425. The van der Waals surface area contributed by atoms with E-state index in [4.69, 9.17) is 0 Å². The van der Waals surface area contributed by atoms with E-state index in [9.17, 15) is 0 Å². The van der Waals surface area contributed by atoms with Gasteiger partial charge in [-0.25, -0.2) is 0 Å². The third-order valence-corrected chi connectivity index (χ3v) is 2.58. The summed E-state index contributed by atoms with van der Waals surface area (Å²) < 4.78 is 0. The Kier molecular flexibility index (Phi) is 2.92. The van der Waals surface area contributed by atoms with E-state index < -0.39 is 0 Å². The van der Waals surface area contributed by atoms with Gasteiger partial charge in [-0.1, -0.05) is 18.2 Å². The number of fused-ring (bicyclic) bond motifs is 1. The first-order chi connectivity index (χ1) is 7.56. The zero-order valence-corrected chi connectivity index (χ0v) is 10.1. The highest BCUT2D eigenvalue weighted by Crippen LogP contribution is 2.17. The molecule has 0 radical (unpaired) electrons. The maximum absolute atomic E-state index is 4.14. The molecular weight excluding hydrogens is 196 g/mol. The molecule has 1 aromatic heterocycles. The Morgan fingerprint density at radius 3 is 2.75 bits per heavy atom. The van der Waals surface area contributed by atoms with Crippen LogP contribution in [-0.4, -0.2) is 10.5 Å². The zero-order valence-electron chi connectivity index (χ0n) is 10.1. The van der Waals surface area contributed by atoms with Gasteiger partial charge in [0.05, 0.1) is 0 Å². The van der Waals surface area contributed by atoms with Crippen LogP contribution in [0.5, 0.6) is 0 Å². The third-order valence-electron chi connectivity index (χ3n) is 2.58. The van der Waals surface area contributed by atoms with Crippen LogP contribution in [0.4, 0.5) is 0 Å². The van der Waals surface area contributed by atoms with Gasteiger partial charge in [0.2, 0.25) is 0 Å². The minimum atomic E-state index is 0.148. The summed E-state index contributed by atoms with van der Waals surface area (Å²) in [4.78, 5) is 4.14. The van der Waals surface area contributed by atoms with Crippen molar-refractivity contribution in [2.45, 2.75) is 32.9 Å². The predicted molar refractivity (Wildman–Crippen MR) is 68.3 cm³/mol. The van der Waals surface area contributed by atoms with Crippen LogP contribution < -0.4 is 5.32 Å². The first-order valence-electron chi connectivity index (χ1n) is 5.63. The van der Waals surface area contributed by atoms with Crippen molar-refractivity contribution in [3.63, 3.8) is 0 Å². The number of hydrogen-bond donors (Lipinski definition) is 1. The minimum Gasteiger partial charge on any atom is -0.308 e. The summed E-state index contributed by atoms with van der Waals surface area (Å²) in [5.74, 6) is 0. The number of nitrogens with zero attached hydrogens (tertiary/aromatic N) is 1. The summed E-state index contributed by atoms with van der Waals surface area (Å²) in [5.41, 5.74) is 1.48. The fourth-order valence-corrected chi connectivity index (χ4v) is 1.70. The number of benzene rings is 1. The Labute approximate surface area is 96.7 Å². The van der Waals surface area contributed by atoms with Crippen molar-refractivity contribution < 1.29 is 0 Å². The lowest BCUT2D eigenvalue weighted by Crippen LogP contribution is -2.35. The van der Waals surface area contributed by atoms with Gasteiger partial charge in [-0.05, 0) is 37.8 Å². The molecule has 0 spiro atoms. The van der Waals surface area contributed by atoms with E-state index in [-0.39, 0.29) is 5.54 Å². The Balaban J connectivity index is 2.30. The van der Waals surface area contributed by atoms with E-state index in [0.717, 1.165) is 6.54 Å². The van der Waals surface area contributed by atoms with E-state index in [0.29, 0.717) is 0 Å². The van der Waals surface area contributed by atoms with Gasteiger partial charge in [-0.3, -0.25) is 4.98 Å². The Morgan fingerprint density at radius 1 is 1.19 bits per heavy atom. The highest BCUT2D eigenvalue weighted by atomic mass is 14.9. The van der Waals surface area contributed by atoms with Crippen LogP contribution in [0.25, 0.3) is 10.8 Å². The minimum absolute atomic E-state index is 0.148. The third kappa shape index (κ3) is 2.58. The highest BCUT2D eigenvalue weighted by molar-refractivity contribution is 5.84. The standard InChI is InChI=1S/C14H18N2/c1-14(2,3)16-10-12-6-4-5-11-9-15-8-7-13(11)12/h4-9,16H,10H2,1-3H3. The van der Waals surface area contributed by atoms with Crippen LogP contribution in [0, 0.1) is 0 Å². The van der Waals surface area contributed by atoms with E-state index in [1.165, 1.54) is 16.3 Å². The maximum Gasteiger partial charge on any atom is 0.0346 e. The lowest BCUT2D eigenvalue weighted by Gasteiger charge is -2.21. The van der Waals surface area contributed by atoms with Gasteiger partial charge in [-0.2, -0.15) is 0 Å². The molecule has 0 aliphatic heterocycles. The molecular formula is C14H18N2. The zero-order chi connectivity index (χ0) is 11.6. The molecule has 0 saturated carbocycles. The van der Waals surface area contributed by atoms with Crippen LogP contribution in [0.3, 0.4) is 0 Å². The summed E-state index contributed by atoms with van der Waals surface area (Å²) in [6.07, 6.45) is 3.76. The highest BCUT2D eigenvalue weighted by Gasteiger charge is 2.09. The van der Waals surface area contributed by atoms with Crippen LogP contribution in [0.15, 0.2) is 36.7 Å². The summed E-state index contributed by atoms with van der Waals surface area (Å²) in [5, 5.41) is 6.00. The van der Waals surface area contributed by atoms with Crippen molar-refractivity contribution in [2.24, 2.45) is 0 Å². The molecule has 2 rings (SSSR count). The molecule has 0 fully saturated rings. The van der Waals surface area contributed by atoms with Gasteiger partial charge >= 0.3 is 0 Å². The number of aromatic nitrogens is 1. The molecule has 1 N–H and O–H groups in total. The van der Waals surface area contributed by atoms with Crippen molar-refractivity contribution in [1.82, 2.24) is 10.3 Å². The average molecular weight is 214 g/mol. The molecule has 2 nitrogen and oxygen atoms in total. The predicted octanol–water partition coefficient (Wildman–Crippen LogP) is 3.12. The second-order valence-corrected chi connectivity index (χ2v) is 5.12. The summed E-state index contributed by atoms with van der Waals surface area (Å²) >= 11 is 0. The van der Waals surface area contributed by atoms with Crippen molar-refractivity contribution in [3.8, 4) is 0 Å². The molecule has 0 bridgehead atoms. The molecule has 1 heterocycles. The van der Waals surface area contributed by atoms with E-state index in [1.54, 1.807) is 0 Å². The largest absolute Gasteiger partial charge is 0.308 e. The smallest absolute Gasteiger partial charge is 0.0346 e. The Morgan fingerprint density at radius 2 is 2.00 bits per heavy atom. The van der Waals surface area contributed by atoms with Crippen LogP contribution >= 0.6 is 0 Å². The summed E-state index contributed by atoms with van der Waals surface area (Å²) in [6.45, 7) is 7.43. The molecule has 2 heteroatoms. The number of nitrogens with one attached hydrogen (secondary N) is 1. The fourth-order valence-electron chi connectivity index (χ4n) is 1.70. The number of pyridine rings is 1. The molecule has 0 saturated heterocycles. The van der Waals surface area contributed by atoms with Crippen LogP contribution in [-0.2, 0) is 6.54 Å². The first-order valence-corrected chi connectivity index (χ1v) is 5.63. The molecule has 1 aromatic carbocycles. The van der Waals surface area contributed by atoms with E-state index in [2.05, 4.69) is 55.3 Å². The molecule has 84 valence electrons. The van der Waals surface area contributed by atoms with Gasteiger partial charge in [0, 0.05) is 29.9 Å². The summed E-state index contributed by atoms with van der Waals surface area (Å²) in [6, 6.07) is 8.43. The fraction of sp³-hybridized carbons (Fsp3) is 0.357. The van der Waals surface area contributed by atoms with E-state index in [1.807, 2.05) is 12.4 Å². The normalized spacial score (nSPS) is 11.9. The monoisotopic (exact) mass is 214 g/mol. The average Bonchev–Trinajstić information content (AvgIpc) is 2.25. The molecule has 0 aliphatic carbocycles. The van der Waals surface area contributed by atoms with Crippen LogP contribution in [0.2, 0.25) is 0 Å². The number of rotatable bonds is 2. The molecule has 0 amide bonds. The van der Waals surface area contributed by atoms with Crippen LogP contribution in [0.1, 0.15) is 26.3 Å². The van der Waals surface area contributed by atoms with Gasteiger partial charge < -0.3 is 5.32 Å². The topological polar surface area (TPSA) is 24.9 Å². The van der Waals surface area contributed by atoms with Gasteiger partial charge in [0.1, 0.15) is 0 Å².